The van der Waals surface area contributed by atoms with Gasteiger partial charge >= 0.3 is 0 Å². The number of rotatable bonds is 4. The Kier molecular flexibility index (Phi) is 4.81. The van der Waals surface area contributed by atoms with Crippen LogP contribution in [0.5, 0.6) is 0 Å². The summed E-state index contributed by atoms with van der Waals surface area (Å²) in [7, 11) is 0. The second kappa shape index (κ2) is 6.38. The van der Waals surface area contributed by atoms with Crippen molar-refractivity contribution in [3.05, 3.63) is 63.9 Å². The van der Waals surface area contributed by atoms with E-state index >= 15 is 0 Å². The third-order valence-electron chi connectivity index (χ3n) is 3.06. The Hall–Kier alpha value is -1.09. The molecule has 0 fully saturated rings. The van der Waals surface area contributed by atoms with Gasteiger partial charge in [-0.25, -0.2) is 0 Å². The van der Waals surface area contributed by atoms with E-state index in [4.69, 9.17) is 23.2 Å². The lowest BCUT2D eigenvalue weighted by Crippen LogP contribution is -2.23. The van der Waals surface area contributed by atoms with Crippen molar-refractivity contribution in [3.8, 4) is 0 Å². The lowest BCUT2D eigenvalue weighted by molar-refractivity contribution is 0.486. The number of nitrogens with one attached hydrogen (secondary N) is 1. The van der Waals surface area contributed by atoms with E-state index in [0.29, 0.717) is 10.0 Å². The van der Waals surface area contributed by atoms with Crippen molar-refractivity contribution in [2.45, 2.75) is 25.9 Å². The number of hydrogen-bond donors (Lipinski definition) is 1. The fourth-order valence-corrected chi connectivity index (χ4v) is 2.61. The second-order valence-electron chi connectivity index (χ2n) is 4.53. The van der Waals surface area contributed by atoms with E-state index in [1.54, 1.807) is 12.3 Å². The zero-order valence-electron chi connectivity index (χ0n) is 10.9. The molecule has 0 aliphatic rings. The van der Waals surface area contributed by atoms with Gasteiger partial charge in [0.15, 0.2) is 0 Å². The number of nitrogens with zero attached hydrogens (tertiary/aromatic N) is 1. The SMILES string of the molecule is CC(N[C@@H](C)c1ccccn1)c1ccc(Cl)cc1Cl. The Labute approximate surface area is 123 Å². The molecule has 0 aliphatic heterocycles. The van der Waals surface area contributed by atoms with Crippen LogP contribution in [0.1, 0.15) is 37.2 Å². The lowest BCUT2D eigenvalue weighted by atomic mass is 10.1. The summed E-state index contributed by atoms with van der Waals surface area (Å²) in [4.78, 5) is 4.35. The molecule has 0 aliphatic carbocycles. The topological polar surface area (TPSA) is 24.9 Å². The minimum absolute atomic E-state index is 0.127. The maximum absolute atomic E-state index is 6.21. The molecule has 0 saturated carbocycles. The Morgan fingerprint density at radius 3 is 2.47 bits per heavy atom. The highest BCUT2D eigenvalue weighted by Gasteiger charge is 2.14. The first-order valence-corrected chi connectivity index (χ1v) is 6.95. The molecule has 1 aromatic heterocycles. The number of hydrogen-bond acceptors (Lipinski definition) is 2. The highest BCUT2D eigenvalue weighted by atomic mass is 35.5. The second-order valence-corrected chi connectivity index (χ2v) is 5.37. The Bertz CT molecular complexity index is 543. The van der Waals surface area contributed by atoms with Gasteiger partial charge in [0, 0.05) is 28.3 Å². The maximum Gasteiger partial charge on any atom is 0.0570 e. The molecule has 1 heterocycles. The van der Waals surface area contributed by atoms with Crippen molar-refractivity contribution in [2.75, 3.05) is 0 Å². The summed E-state index contributed by atoms with van der Waals surface area (Å²) in [5.74, 6) is 0. The quantitative estimate of drug-likeness (QED) is 0.876. The first-order chi connectivity index (χ1) is 9.08. The van der Waals surface area contributed by atoms with Crippen LogP contribution in [0.3, 0.4) is 0 Å². The molecule has 0 spiro atoms. The van der Waals surface area contributed by atoms with Crippen LogP contribution >= 0.6 is 23.2 Å². The zero-order chi connectivity index (χ0) is 13.8. The minimum atomic E-state index is 0.127. The normalized spacial score (nSPS) is 14.1. The van der Waals surface area contributed by atoms with Gasteiger partial charge in [0.2, 0.25) is 0 Å². The third-order valence-corrected chi connectivity index (χ3v) is 3.62. The fourth-order valence-electron chi connectivity index (χ4n) is 2.03. The molecular weight excluding hydrogens is 279 g/mol. The molecule has 0 saturated heterocycles. The summed E-state index contributed by atoms with van der Waals surface area (Å²) in [5, 5.41) is 4.82. The Balaban J connectivity index is 2.10. The van der Waals surface area contributed by atoms with Gasteiger partial charge in [-0.05, 0) is 43.7 Å². The number of benzene rings is 1. The largest absolute Gasteiger partial charge is 0.302 e. The molecule has 19 heavy (non-hydrogen) atoms. The van der Waals surface area contributed by atoms with Crippen molar-refractivity contribution in [3.63, 3.8) is 0 Å². The van der Waals surface area contributed by atoms with E-state index in [9.17, 15) is 0 Å². The molecule has 0 amide bonds. The molecule has 2 atom stereocenters. The van der Waals surface area contributed by atoms with Gasteiger partial charge in [-0.2, -0.15) is 0 Å². The van der Waals surface area contributed by atoms with Crippen LogP contribution < -0.4 is 5.32 Å². The summed E-state index contributed by atoms with van der Waals surface area (Å²) >= 11 is 12.1. The van der Waals surface area contributed by atoms with E-state index in [-0.39, 0.29) is 12.1 Å². The van der Waals surface area contributed by atoms with Crippen molar-refractivity contribution >= 4 is 23.2 Å². The molecular formula is C15H16Cl2N2. The smallest absolute Gasteiger partial charge is 0.0570 e. The van der Waals surface area contributed by atoms with Crippen LogP contribution in [0, 0.1) is 0 Å². The van der Waals surface area contributed by atoms with Crippen LogP contribution in [0.25, 0.3) is 0 Å². The fraction of sp³-hybridized carbons (Fsp3) is 0.267. The first-order valence-electron chi connectivity index (χ1n) is 6.20. The van der Waals surface area contributed by atoms with Crippen LogP contribution in [-0.2, 0) is 0 Å². The predicted octanol–water partition coefficient (Wildman–Crippen LogP) is 4.80. The molecule has 1 unspecified atom stereocenters. The highest BCUT2D eigenvalue weighted by Crippen LogP contribution is 2.27. The molecule has 1 aromatic carbocycles. The van der Waals surface area contributed by atoms with Gasteiger partial charge in [-0.15, -0.1) is 0 Å². The van der Waals surface area contributed by atoms with E-state index < -0.39 is 0 Å². The number of halogens is 2. The van der Waals surface area contributed by atoms with E-state index in [1.165, 1.54) is 0 Å². The molecule has 100 valence electrons. The van der Waals surface area contributed by atoms with Gasteiger partial charge in [0.25, 0.3) is 0 Å². The standard InChI is InChI=1S/C15H16Cl2N2/c1-10(13-7-6-12(16)9-14(13)17)19-11(2)15-5-3-4-8-18-15/h3-11,19H,1-2H3/t10?,11-/m0/s1. The van der Waals surface area contributed by atoms with Gasteiger partial charge in [0.1, 0.15) is 0 Å². The monoisotopic (exact) mass is 294 g/mol. The Morgan fingerprint density at radius 1 is 1.05 bits per heavy atom. The van der Waals surface area contributed by atoms with Crippen molar-refractivity contribution in [1.82, 2.24) is 10.3 Å². The van der Waals surface area contributed by atoms with Crippen LogP contribution in [0.4, 0.5) is 0 Å². The number of pyridine rings is 1. The summed E-state index contributed by atoms with van der Waals surface area (Å²) in [6, 6.07) is 11.8. The number of aromatic nitrogens is 1. The molecule has 2 rings (SSSR count). The molecule has 2 nitrogen and oxygen atoms in total. The average Bonchev–Trinajstić information content (AvgIpc) is 2.39. The van der Waals surface area contributed by atoms with Gasteiger partial charge in [0.05, 0.1) is 5.69 Å². The first kappa shape index (κ1) is 14.3. The average molecular weight is 295 g/mol. The summed E-state index contributed by atoms with van der Waals surface area (Å²) in [6.07, 6.45) is 1.80. The van der Waals surface area contributed by atoms with Gasteiger partial charge in [-0.3, -0.25) is 4.98 Å². The lowest BCUT2D eigenvalue weighted by Gasteiger charge is -2.21. The molecule has 0 radical (unpaired) electrons. The van der Waals surface area contributed by atoms with E-state index in [1.807, 2.05) is 30.3 Å². The Morgan fingerprint density at radius 2 is 1.84 bits per heavy atom. The van der Waals surface area contributed by atoms with E-state index in [0.717, 1.165) is 11.3 Å². The third kappa shape index (κ3) is 3.69. The van der Waals surface area contributed by atoms with Crippen LogP contribution in [0.2, 0.25) is 10.0 Å². The molecule has 4 heteroatoms. The van der Waals surface area contributed by atoms with Crippen LogP contribution in [-0.4, -0.2) is 4.98 Å². The summed E-state index contributed by atoms with van der Waals surface area (Å²) in [5.41, 5.74) is 2.05. The zero-order valence-corrected chi connectivity index (χ0v) is 12.4. The van der Waals surface area contributed by atoms with Gasteiger partial charge < -0.3 is 5.32 Å². The molecule has 1 N–H and O–H groups in total. The van der Waals surface area contributed by atoms with E-state index in [2.05, 4.69) is 24.1 Å². The molecule has 2 aromatic rings. The van der Waals surface area contributed by atoms with Crippen molar-refractivity contribution in [2.24, 2.45) is 0 Å². The summed E-state index contributed by atoms with van der Waals surface area (Å²) in [6.45, 7) is 4.16. The predicted molar refractivity (Wildman–Crippen MR) is 80.7 cm³/mol. The van der Waals surface area contributed by atoms with Crippen molar-refractivity contribution < 1.29 is 0 Å². The maximum atomic E-state index is 6.21. The van der Waals surface area contributed by atoms with Gasteiger partial charge in [-0.1, -0.05) is 35.3 Å². The van der Waals surface area contributed by atoms with Crippen LogP contribution in [0.15, 0.2) is 42.6 Å². The summed E-state index contributed by atoms with van der Waals surface area (Å²) < 4.78 is 0. The minimum Gasteiger partial charge on any atom is -0.302 e. The highest BCUT2D eigenvalue weighted by molar-refractivity contribution is 6.35. The van der Waals surface area contributed by atoms with Crippen molar-refractivity contribution in [1.29, 1.82) is 0 Å². The molecule has 0 bridgehead atoms.